The third kappa shape index (κ3) is 5.73. The predicted octanol–water partition coefficient (Wildman–Crippen LogP) is 1.98. The van der Waals surface area contributed by atoms with Gasteiger partial charge in [-0.2, -0.15) is 4.98 Å². The van der Waals surface area contributed by atoms with Crippen molar-refractivity contribution in [3.05, 3.63) is 30.4 Å². The number of pyridine rings is 1. The van der Waals surface area contributed by atoms with Crippen molar-refractivity contribution in [2.75, 3.05) is 6.61 Å². The highest BCUT2D eigenvalue weighted by atomic mass is 16.5. The zero-order valence-electron chi connectivity index (χ0n) is 14.3. The largest absolute Gasteiger partial charge is 0.394 e. The molecule has 0 fully saturated rings. The number of aliphatic hydroxyl groups is 1. The van der Waals surface area contributed by atoms with Gasteiger partial charge in [-0.1, -0.05) is 25.9 Å². The molecule has 24 heavy (non-hydrogen) atoms. The van der Waals surface area contributed by atoms with Gasteiger partial charge >= 0.3 is 0 Å². The normalized spacial score (nSPS) is 12.8. The average Bonchev–Trinajstić information content (AvgIpc) is 3.01. The van der Waals surface area contributed by atoms with Crippen LogP contribution in [0.4, 0.5) is 0 Å². The van der Waals surface area contributed by atoms with E-state index in [2.05, 4.69) is 41.2 Å². The second kappa shape index (κ2) is 8.01. The first-order chi connectivity index (χ1) is 11.4. The number of aliphatic hydroxyl groups excluding tert-OH is 1. The van der Waals surface area contributed by atoms with E-state index >= 15 is 0 Å². The van der Waals surface area contributed by atoms with Gasteiger partial charge in [0.2, 0.25) is 17.6 Å². The molecule has 0 aromatic carbocycles. The average molecular weight is 332 g/mol. The minimum Gasteiger partial charge on any atom is -0.394 e. The highest BCUT2D eigenvalue weighted by Gasteiger charge is 2.20. The lowest BCUT2D eigenvalue weighted by Crippen LogP contribution is -2.40. The summed E-state index contributed by atoms with van der Waals surface area (Å²) in [5, 5.41) is 16.1. The van der Waals surface area contributed by atoms with Gasteiger partial charge in [0.05, 0.1) is 12.6 Å². The maximum atomic E-state index is 12.0. The summed E-state index contributed by atoms with van der Waals surface area (Å²) in [6, 6.07) is 3.34. The van der Waals surface area contributed by atoms with E-state index in [-0.39, 0.29) is 30.4 Å². The summed E-state index contributed by atoms with van der Waals surface area (Å²) in [7, 11) is 0. The summed E-state index contributed by atoms with van der Waals surface area (Å²) in [5.74, 6) is 0.754. The molecule has 0 saturated heterocycles. The number of carbonyl (C=O) groups is 1. The quantitative estimate of drug-likeness (QED) is 0.804. The molecule has 0 aliphatic heterocycles. The van der Waals surface area contributed by atoms with Gasteiger partial charge in [0.25, 0.3) is 0 Å². The summed E-state index contributed by atoms with van der Waals surface area (Å²) >= 11 is 0. The number of amides is 1. The number of nitrogens with zero attached hydrogens (tertiary/aromatic N) is 3. The molecular weight excluding hydrogens is 308 g/mol. The van der Waals surface area contributed by atoms with E-state index in [9.17, 15) is 9.90 Å². The first-order valence-corrected chi connectivity index (χ1v) is 8.00. The summed E-state index contributed by atoms with van der Waals surface area (Å²) < 4.78 is 5.17. The van der Waals surface area contributed by atoms with Crippen molar-refractivity contribution in [2.45, 2.75) is 46.1 Å². The van der Waals surface area contributed by atoms with Crippen LogP contribution < -0.4 is 5.32 Å². The molecule has 0 aliphatic rings. The Balaban J connectivity index is 1.85. The van der Waals surface area contributed by atoms with Crippen LogP contribution in [0.2, 0.25) is 0 Å². The molecule has 2 aromatic rings. The van der Waals surface area contributed by atoms with E-state index in [0.717, 1.165) is 5.56 Å². The summed E-state index contributed by atoms with van der Waals surface area (Å²) in [6.45, 7) is 6.14. The number of carbonyl (C=O) groups excluding carboxylic acids is 1. The highest BCUT2D eigenvalue weighted by Crippen LogP contribution is 2.20. The Morgan fingerprint density at radius 3 is 2.67 bits per heavy atom. The van der Waals surface area contributed by atoms with Crippen LogP contribution in [0.15, 0.2) is 29.0 Å². The zero-order chi connectivity index (χ0) is 17.6. The van der Waals surface area contributed by atoms with Gasteiger partial charge in [-0.3, -0.25) is 9.78 Å². The molecule has 130 valence electrons. The predicted molar refractivity (Wildman–Crippen MR) is 88.9 cm³/mol. The number of hydrogen-bond acceptors (Lipinski definition) is 6. The SMILES string of the molecule is CC(C)(C)CC(CO)NC(=O)CCc1nc(-c2ccncc2)no1. The Bertz CT molecular complexity index is 649. The first kappa shape index (κ1) is 18.1. The first-order valence-electron chi connectivity index (χ1n) is 8.00. The number of aromatic nitrogens is 3. The van der Waals surface area contributed by atoms with Crippen LogP contribution in [0.5, 0.6) is 0 Å². The van der Waals surface area contributed by atoms with Crippen molar-refractivity contribution < 1.29 is 14.4 Å². The van der Waals surface area contributed by atoms with Crippen LogP contribution >= 0.6 is 0 Å². The van der Waals surface area contributed by atoms with E-state index in [1.807, 2.05) is 0 Å². The molecule has 1 unspecified atom stereocenters. The Hall–Kier alpha value is -2.28. The van der Waals surface area contributed by atoms with Crippen LogP contribution in [-0.2, 0) is 11.2 Å². The molecule has 2 heterocycles. The highest BCUT2D eigenvalue weighted by molar-refractivity contribution is 5.76. The molecular formula is C17H24N4O3. The minimum atomic E-state index is -0.243. The van der Waals surface area contributed by atoms with Crippen LogP contribution in [-0.4, -0.2) is 38.8 Å². The van der Waals surface area contributed by atoms with Gasteiger partial charge in [-0.05, 0) is 24.0 Å². The molecule has 2 N–H and O–H groups in total. The smallest absolute Gasteiger partial charge is 0.227 e. The van der Waals surface area contributed by atoms with Crippen molar-refractivity contribution in [3.63, 3.8) is 0 Å². The van der Waals surface area contributed by atoms with Gasteiger partial charge < -0.3 is 14.9 Å². The van der Waals surface area contributed by atoms with Gasteiger partial charge in [0.15, 0.2) is 0 Å². The zero-order valence-corrected chi connectivity index (χ0v) is 14.3. The molecule has 2 aromatic heterocycles. The van der Waals surface area contributed by atoms with Crippen molar-refractivity contribution in [2.24, 2.45) is 5.41 Å². The fourth-order valence-electron chi connectivity index (χ4n) is 2.40. The van der Waals surface area contributed by atoms with Crippen LogP contribution in [0.3, 0.4) is 0 Å². The standard InChI is InChI=1S/C17H24N4O3/c1-17(2,3)10-13(11-22)19-14(23)4-5-15-20-16(21-24-15)12-6-8-18-9-7-12/h6-9,13,22H,4-5,10-11H2,1-3H3,(H,19,23). The van der Waals surface area contributed by atoms with E-state index in [1.54, 1.807) is 24.5 Å². The maximum Gasteiger partial charge on any atom is 0.227 e. The van der Waals surface area contributed by atoms with E-state index < -0.39 is 0 Å². The third-order valence-electron chi connectivity index (χ3n) is 3.42. The Kier molecular flexibility index (Phi) is 6.03. The summed E-state index contributed by atoms with van der Waals surface area (Å²) in [5.41, 5.74) is 0.849. The number of aryl methyl sites for hydroxylation is 1. The third-order valence-corrected chi connectivity index (χ3v) is 3.42. The maximum absolute atomic E-state index is 12.0. The van der Waals surface area contributed by atoms with Crippen molar-refractivity contribution in [1.29, 1.82) is 0 Å². The van der Waals surface area contributed by atoms with Crippen LogP contribution in [0, 0.1) is 5.41 Å². The lowest BCUT2D eigenvalue weighted by atomic mass is 9.88. The fourth-order valence-corrected chi connectivity index (χ4v) is 2.40. The molecule has 1 amide bonds. The molecule has 7 heteroatoms. The molecule has 0 saturated carbocycles. The van der Waals surface area contributed by atoms with Crippen molar-refractivity contribution in [3.8, 4) is 11.4 Å². The molecule has 0 radical (unpaired) electrons. The Morgan fingerprint density at radius 1 is 1.33 bits per heavy atom. The number of hydrogen-bond donors (Lipinski definition) is 2. The van der Waals surface area contributed by atoms with E-state index in [4.69, 9.17) is 4.52 Å². The van der Waals surface area contributed by atoms with Gasteiger partial charge in [0.1, 0.15) is 0 Å². The van der Waals surface area contributed by atoms with E-state index in [1.165, 1.54) is 0 Å². The van der Waals surface area contributed by atoms with Crippen LogP contribution in [0.25, 0.3) is 11.4 Å². The van der Waals surface area contributed by atoms with Crippen molar-refractivity contribution in [1.82, 2.24) is 20.4 Å². The minimum absolute atomic E-state index is 0.0343. The Morgan fingerprint density at radius 2 is 2.04 bits per heavy atom. The monoisotopic (exact) mass is 332 g/mol. The molecule has 1 atom stereocenters. The second-order valence-electron chi connectivity index (χ2n) is 6.96. The lowest BCUT2D eigenvalue weighted by Gasteiger charge is -2.25. The van der Waals surface area contributed by atoms with Gasteiger partial charge in [0, 0.05) is 30.8 Å². The van der Waals surface area contributed by atoms with Gasteiger partial charge in [-0.15, -0.1) is 0 Å². The molecule has 7 nitrogen and oxygen atoms in total. The van der Waals surface area contributed by atoms with Crippen LogP contribution in [0.1, 0.15) is 39.5 Å². The second-order valence-corrected chi connectivity index (χ2v) is 6.96. The number of rotatable bonds is 7. The molecule has 0 spiro atoms. The summed E-state index contributed by atoms with van der Waals surface area (Å²) in [6.07, 6.45) is 4.62. The fraction of sp³-hybridized carbons (Fsp3) is 0.529. The van der Waals surface area contributed by atoms with E-state index in [0.29, 0.717) is 24.6 Å². The molecule has 0 aliphatic carbocycles. The topological polar surface area (TPSA) is 101 Å². The molecule has 0 bridgehead atoms. The number of nitrogens with one attached hydrogen (secondary N) is 1. The lowest BCUT2D eigenvalue weighted by molar-refractivity contribution is -0.122. The Labute approximate surface area is 141 Å². The summed E-state index contributed by atoms with van der Waals surface area (Å²) in [4.78, 5) is 20.2. The van der Waals surface area contributed by atoms with Gasteiger partial charge in [-0.25, -0.2) is 0 Å². The molecule has 2 rings (SSSR count). The van der Waals surface area contributed by atoms with Crippen molar-refractivity contribution >= 4 is 5.91 Å².